The summed E-state index contributed by atoms with van der Waals surface area (Å²) in [5, 5.41) is 0.169. The minimum Gasteiger partial charge on any atom is -0.330 e. The van der Waals surface area contributed by atoms with Crippen LogP contribution >= 0.6 is 11.6 Å². The Hall–Kier alpha value is -0.780. The van der Waals surface area contributed by atoms with E-state index < -0.39 is 0 Å². The summed E-state index contributed by atoms with van der Waals surface area (Å²) in [5.41, 5.74) is 11.2. The molecule has 2 atom stereocenters. The third-order valence-corrected chi connectivity index (χ3v) is 2.01. The minimum atomic E-state index is -0.251. The average molecular weight is 216 g/mol. The van der Waals surface area contributed by atoms with E-state index in [1.54, 1.807) is 6.92 Å². The van der Waals surface area contributed by atoms with Crippen molar-refractivity contribution in [2.24, 2.45) is 11.5 Å². The number of halogens is 1. The summed E-state index contributed by atoms with van der Waals surface area (Å²) >= 11 is 5.74. The second-order valence-corrected chi connectivity index (χ2v) is 3.58. The predicted octanol–water partition coefficient (Wildman–Crippen LogP) is 0.607. The first-order valence-corrected chi connectivity index (χ1v) is 4.79. The molecule has 0 aliphatic rings. The van der Waals surface area contributed by atoms with Crippen LogP contribution in [0.1, 0.15) is 37.5 Å². The van der Waals surface area contributed by atoms with Gasteiger partial charge < -0.3 is 11.5 Å². The molecule has 5 nitrogen and oxygen atoms in total. The molecule has 0 bridgehead atoms. The van der Waals surface area contributed by atoms with Crippen molar-refractivity contribution in [1.29, 1.82) is 0 Å². The van der Waals surface area contributed by atoms with Crippen LogP contribution in [0.5, 0.6) is 0 Å². The molecule has 0 aliphatic carbocycles. The van der Waals surface area contributed by atoms with Crippen molar-refractivity contribution in [2.75, 3.05) is 6.54 Å². The first-order valence-electron chi connectivity index (χ1n) is 4.41. The summed E-state index contributed by atoms with van der Waals surface area (Å²) in [6, 6.07) is -0.251. The van der Waals surface area contributed by atoms with Gasteiger partial charge in [0, 0.05) is 12.5 Å². The van der Waals surface area contributed by atoms with Crippen molar-refractivity contribution < 1.29 is 0 Å². The van der Waals surface area contributed by atoms with E-state index in [-0.39, 0.29) is 17.2 Å². The molecular weight excluding hydrogens is 202 g/mol. The van der Waals surface area contributed by atoms with Crippen molar-refractivity contribution in [1.82, 2.24) is 15.0 Å². The Balaban J connectivity index is 3.07. The molecule has 4 N–H and O–H groups in total. The molecule has 1 aromatic rings. The molecule has 1 heterocycles. The zero-order valence-electron chi connectivity index (χ0n) is 8.24. The van der Waals surface area contributed by atoms with Gasteiger partial charge in [-0.1, -0.05) is 6.92 Å². The van der Waals surface area contributed by atoms with Crippen LogP contribution in [0.2, 0.25) is 5.28 Å². The van der Waals surface area contributed by atoms with Crippen molar-refractivity contribution in [2.45, 2.75) is 25.8 Å². The lowest BCUT2D eigenvalue weighted by Gasteiger charge is -2.10. The summed E-state index contributed by atoms with van der Waals surface area (Å²) in [5.74, 6) is 1.16. The maximum atomic E-state index is 5.74. The van der Waals surface area contributed by atoms with E-state index in [0.29, 0.717) is 18.2 Å². The van der Waals surface area contributed by atoms with Gasteiger partial charge in [-0.3, -0.25) is 0 Å². The van der Waals surface area contributed by atoms with E-state index in [2.05, 4.69) is 15.0 Å². The molecule has 0 aromatic carbocycles. The third kappa shape index (κ3) is 2.60. The van der Waals surface area contributed by atoms with Gasteiger partial charge in [0.25, 0.3) is 0 Å². The fraction of sp³-hybridized carbons (Fsp3) is 0.625. The highest BCUT2D eigenvalue weighted by Crippen LogP contribution is 2.13. The number of nitrogens with two attached hydrogens (primary N) is 2. The van der Waals surface area contributed by atoms with Gasteiger partial charge in [-0.05, 0) is 18.5 Å². The summed E-state index contributed by atoms with van der Waals surface area (Å²) < 4.78 is 0. The molecular formula is C8H14ClN5. The van der Waals surface area contributed by atoms with E-state index in [4.69, 9.17) is 23.1 Å². The highest BCUT2D eigenvalue weighted by Gasteiger charge is 2.12. The molecule has 1 aromatic heterocycles. The highest BCUT2D eigenvalue weighted by atomic mass is 35.5. The highest BCUT2D eigenvalue weighted by molar-refractivity contribution is 6.28. The fourth-order valence-corrected chi connectivity index (χ4v) is 1.08. The molecule has 0 aliphatic heterocycles. The zero-order chi connectivity index (χ0) is 10.7. The lowest BCUT2D eigenvalue weighted by atomic mass is 10.2. The van der Waals surface area contributed by atoms with E-state index >= 15 is 0 Å². The van der Waals surface area contributed by atoms with Crippen LogP contribution in [0.4, 0.5) is 0 Å². The van der Waals surface area contributed by atoms with Gasteiger partial charge in [0.15, 0.2) is 0 Å². The molecule has 0 fully saturated rings. The van der Waals surface area contributed by atoms with Crippen molar-refractivity contribution >= 4 is 11.6 Å². The lowest BCUT2D eigenvalue weighted by molar-refractivity contribution is 0.656. The molecule has 6 heteroatoms. The standard InChI is InChI=1S/C8H14ClN5/c1-4(3-10)6-12-7(5(2)11)14-8(9)13-6/h4-5H,3,10-11H2,1-2H3. The van der Waals surface area contributed by atoms with E-state index in [9.17, 15) is 0 Å². The van der Waals surface area contributed by atoms with Crippen molar-refractivity contribution in [3.05, 3.63) is 16.9 Å². The Morgan fingerprint density at radius 3 is 2.29 bits per heavy atom. The van der Waals surface area contributed by atoms with E-state index in [1.165, 1.54) is 0 Å². The van der Waals surface area contributed by atoms with Crippen LogP contribution in [0, 0.1) is 0 Å². The molecule has 0 saturated heterocycles. The van der Waals surface area contributed by atoms with Crippen LogP contribution in [0.25, 0.3) is 0 Å². The number of nitrogens with zero attached hydrogens (tertiary/aromatic N) is 3. The van der Waals surface area contributed by atoms with E-state index in [1.807, 2.05) is 6.92 Å². The second-order valence-electron chi connectivity index (χ2n) is 3.25. The summed E-state index contributed by atoms with van der Waals surface area (Å²) in [7, 11) is 0. The molecule has 0 amide bonds. The fourth-order valence-electron chi connectivity index (χ4n) is 0.911. The van der Waals surface area contributed by atoms with Gasteiger partial charge >= 0.3 is 0 Å². The SMILES string of the molecule is CC(N)c1nc(Cl)nc(C(C)CN)n1. The van der Waals surface area contributed by atoms with Gasteiger partial charge in [0.2, 0.25) is 5.28 Å². The molecule has 2 unspecified atom stereocenters. The Morgan fingerprint density at radius 2 is 1.79 bits per heavy atom. The van der Waals surface area contributed by atoms with Crippen molar-refractivity contribution in [3.63, 3.8) is 0 Å². The van der Waals surface area contributed by atoms with Crippen LogP contribution in [-0.4, -0.2) is 21.5 Å². The van der Waals surface area contributed by atoms with Crippen LogP contribution in [0.15, 0.2) is 0 Å². The topological polar surface area (TPSA) is 90.7 Å². The second kappa shape index (κ2) is 4.63. The van der Waals surface area contributed by atoms with Crippen LogP contribution in [0.3, 0.4) is 0 Å². The normalized spacial score (nSPS) is 15.2. The van der Waals surface area contributed by atoms with Gasteiger partial charge in [0.05, 0.1) is 6.04 Å². The summed E-state index contributed by atoms with van der Waals surface area (Å²) in [4.78, 5) is 12.1. The zero-order valence-corrected chi connectivity index (χ0v) is 8.99. The van der Waals surface area contributed by atoms with Gasteiger partial charge in [-0.2, -0.15) is 0 Å². The third-order valence-electron chi connectivity index (χ3n) is 1.84. The molecule has 0 saturated carbocycles. The first kappa shape index (κ1) is 11.3. The molecule has 0 spiro atoms. The van der Waals surface area contributed by atoms with Crippen LogP contribution < -0.4 is 11.5 Å². The largest absolute Gasteiger partial charge is 0.330 e. The molecule has 14 heavy (non-hydrogen) atoms. The average Bonchev–Trinajstić information content (AvgIpc) is 2.15. The minimum absolute atomic E-state index is 0.0630. The maximum Gasteiger partial charge on any atom is 0.225 e. The number of aromatic nitrogens is 3. The smallest absolute Gasteiger partial charge is 0.225 e. The van der Waals surface area contributed by atoms with Gasteiger partial charge in [-0.25, -0.2) is 15.0 Å². The summed E-state index contributed by atoms with van der Waals surface area (Å²) in [6.07, 6.45) is 0. The molecule has 0 radical (unpaired) electrons. The van der Waals surface area contributed by atoms with Gasteiger partial charge in [-0.15, -0.1) is 0 Å². The number of hydrogen-bond donors (Lipinski definition) is 2. The monoisotopic (exact) mass is 215 g/mol. The Bertz CT molecular complexity index is 315. The number of hydrogen-bond acceptors (Lipinski definition) is 5. The predicted molar refractivity (Wildman–Crippen MR) is 54.9 cm³/mol. The maximum absolute atomic E-state index is 5.74. The summed E-state index contributed by atoms with van der Waals surface area (Å²) in [6.45, 7) is 4.19. The Labute approximate surface area is 87.9 Å². The molecule has 78 valence electrons. The Kier molecular flexibility index (Phi) is 3.74. The van der Waals surface area contributed by atoms with Crippen LogP contribution in [-0.2, 0) is 0 Å². The first-order chi connectivity index (χ1) is 6.54. The molecule has 1 rings (SSSR count). The number of rotatable bonds is 3. The van der Waals surface area contributed by atoms with Crippen molar-refractivity contribution in [3.8, 4) is 0 Å². The quantitative estimate of drug-likeness (QED) is 0.771. The lowest BCUT2D eigenvalue weighted by Crippen LogP contribution is -2.17. The van der Waals surface area contributed by atoms with E-state index in [0.717, 1.165) is 0 Å². The van der Waals surface area contributed by atoms with Gasteiger partial charge in [0.1, 0.15) is 11.6 Å². The Morgan fingerprint density at radius 1 is 1.21 bits per heavy atom.